The van der Waals surface area contributed by atoms with Crippen LogP contribution in [-0.4, -0.2) is 37.2 Å². The first-order chi connectivity index (χ1) is 6.16. The van der Waals surface area contributed by atoms with Gasteiger partial charge in [0.25, 0.3) is 0 Å². The molecule has 0 heterocycles. The van der Waals surface area contributed by atoms with Gasteiger partial charge in [0.2, 0.25) is 0 Å². The van der Waals surface area contributed by atoms with Gasteiger partial charge in [-0.15, -0.1) is 0 Å². The van der Waals surface area contributed by atoms with Gasteiger partial charge in [-0.1, -0.05) is 6.92 Å². The summed E-state index contributed by atoms with van der Waals surface area (Å²) in [4.78, 5) is 0. The molecule has 0 saturated heterocycles. The quantitative estimate of drug-likeness (QED) is 0.660. The maximum Gasteiger partial charge on any atom is 0.0757 e. The molecule has 0 bridgehead atoms. The highest BCUT2D eigenvalue weighted by Gasteiger charge is 2.16. The molecule has 0 aliphatic heterocycles. The molecule has 0 rings (SSSR count). The van der Waals surface area contributed by atoms with E-state index in [1.54, 1.807) is 0 Å². The molecule has 0 atom stereocenters. The average molecular weight is 189 g/mol. The third-order valence-corrected chi connectivity index (χ3v) is 2.97. The number of rotatable bonds is 5. The monoisotopic (exact) mass is 189 g/mol. The second-order valence-electron chi connectivity index (χ2n) is 3.40. The van der Waals surface area contributed by atoms with E-state index in [1.165, 1.54) is 30.7 Å². The molecule has 0 unspecified atom stereocenters. The summed E-state index contributed by atoms with van der Waals surface area (Å²) >= 11 is 0. The number of nitrogens with two attached hydrogens (primary N) is 1. The molecule has 0 spiro atoms. The van der Waals surface area contributed by atoms with E-state index in [0.717, 1.165) is 13.0 Å². The summed E-state index contributed by atoms with van der Waals surface area (Å²) in [5, 5.41) is 0. The van der Waals surface area contributed by atoms with E-state index in [0.29, 0.717) is 0 Å². The summed E-state index contributed by atoms with van der Waals surface area (Å²) in [6, 6.07) is 0. The van der Waals surface area contributed by atoms with E-state index < -0.39 is 0 Å². The van der Waals surface area contributed by atoms with Crippen molar-refractivity contribution in [3.05, 3.63) is 0 Å². The topological polar surface area (TPSA) is 26.0 Å². The number of hydrogen-bond acceptors (Lipinski definition) is 1. The van der Waals surface area contributed by atoms with Gasteiger partial charge in [-0.25, -0.2) is 0 Å². The standard InChI is InChI=1S/C8H20N.C3H9N/c1-5-9(6-2,7-3)8-4;1-2-3-4/h5-8H2,1-4H3;2-4H2,1H3/q+1;. The minimum atomic E-state index is 0.819. The fourth-order valence-electron chi connectivity index (χ4n) is 1.34. The van der Waals surface area contributed by atoms with Gasteiger partial charge >= 0.3 is 0 Å². The van der Waals surface area contributed by atoms with Crippen LogP contribution in [0.5, 0.6) is 0 Å². The molecule has 2 heteroatoms. The highest BCUT2D eigenvalue weighted by atomic mass is 15.3. The van der Waals surface area contributed by atoms with Crippen LogP contribution in [0, 0.1) is 0 Å². The lowest BCUT2D eigenvalue weighted by atomic mass is 10.3. The predicted octanol–water partition coefficient (Wildman–Crippen LogP) is 2.24. The van der Waals surface area contributed by atoms with Crippen molar-refractivity contribution in [2.24, 2.45) is 5.73 Å². The molecular weight excluding hydrogens is 160 g/mol. The van der Waals surface area contributed by atoms with Gasteiger partial charge in [-0.2, -0.15) is 0 Å². The third kappa shape index (κ3) is 7.03. The molecule has 0 radical (unpaired) electrons. The maximum absolute atomic E-state index is 5.03. The molecule has 0 fully saturated rings. The Morgan fingerprint density at radius 2 is 1.00 bits per heavy atom. The van der Waals surface area contributed by atoms with E-state index in [-0.39, 0.29) is 0 Å². The smallest absolute Gasteiger partial charge is 0.0757 e. The summed E-state index contributed by atoms with van der Waals surface area (Å²) < 4.78 is 1.28. The van der Waals surface area contributed by atoms with E-state index in [2.05, 4.69) is 34.6 Å². The van der Waals surface area contributed by atoms with E-state index in [4.69, 9.17) is 5.73 Å². The van der Waals surface area contributed by atoms with Crippen LogP contribution in [0.4, 0.5) is 0 Å². The summed E-state index contributed by atoms with van der Waals surface area (Å²) in [6.45, 7) is 17.1. The summed E-state index contributed by atoms with van der Waals surface area (Å²) in [5.41, 5.74) is 5.03. The van der Waals surface area contributed by atoms with Crippen molar-refractivity contribution in [2.75, 3.05) is 32.7 Å². The first kappa shape index (κ1) is 15.4. The van der Waals surface area contributed by atoms with Crippen molar-refractivity contribution in [3.63, 3.8) is 0 Å². The molecule has 13 heavy (non-hydrogen) atoms. The van der Waals surface area contributed by atoms with Crippen molar-refractivity contribution in [1.29, 1.82) is 0 Å². The van der Waals surface area contributed by atoms with Crippen molar-refractivity contribution in [3.8, 4) is 0 Å². The SMILES string of the molecule is CCCN.CC[N+](CC)(CC)CC. The molecule has 0 aliphatic carbocycles. The Kier molecular flexibility index (Phi) is 11.8. The molecule has 0 saturated carbocycles. The number of nitrogens with zero attached hydrogens (tertiary/aromatic N) is 1. The van der Waals surface area contributed by atoms with E-state index in [1.807, 2.05) is 0 Å². The van der Waals surface area contributed by atoms with Crippen molar-refractivity contribution >= 4 is 0 Å². The Balaban J connectivity index is 0. The highest BCUT2D eigenvalue weighted by Crippen LogP contribution is 2.03. The molecule has 0 amide bonds. The Morgan fingerprint density at radius 3 is 1.00 bits per heavy atom. The van der Waals surface area contributed by atoms with Gasteiger partial charge in [-0.05, 0) is 40.7 Å². The van der Waals surface area contributed by atoms with Crippen LogP contribution in [0.1, 0.15) is 41.0 Å². The zero-order chi connectivity index (χ0) is 10.7. The van der Waals surface area contributed by atoms with Crippen LogP contribution in [0.15, 0.2) is 0 Å². The Morgan fingerprint density at radius 1 is 0.769 bits per heavy atom. The molecule has 0 aromatic carbocycles. The third-order valence-electron chi connectivity index (χ3n) is 2.97. The molecule has 0 aromatic rings. The second kappa shape index (κ2) is 10.0. The zero-order valence-corrected chi connectivity index (χ0v) is 10.3. The maximum atomic E-state index is 5.03. The predicted molar refractivity (Wildman–Crippen MR) is 61.8 cm³/mol. The first-order valence-electron chi connectivity index (χ1n) is 5.71. The lowest BCUT2D eigenvalue weighted by Crippen LogP contribution is -2.47. The lowest BCUT2D eigenvalue weighted by Gasteiger charge is -2.34. The van der Waals surface area contributed by atoms with Crippen molar-refractivity contribution in [2.45, 2.75) is 41.0 Å². The largest absolute Gasteiger partial charge is 0.330 e. The van der Waals surface area contributed by atoms with Crippen LogP contribution < -0.4 is 5.73 Å². The molecule has 82 valence electrons. The Labute approximate surface area is 84.7 Å². The lowest BCUT2D eigenvalue weighted by molar-refractivity contribution is -0.921. The second-order valence-corrected chi connectivity index (χ2v) is 3.40. The Hall–Kier alpha value is -0.0800. The molecular formula is C11H29N2+. The molecule has 0 aliphatic rings. The Bertz CT molecular complexity index is 68.6. The van der Waals surface area contributed by atoms with Gasteiger partial charge in [0.05, 0.1) is 26.2 Å². The summed E-state index contributed by atoms with van der Waals surface area (Å²) in [6.07, 6.45) is 1.10. The van der Waals surface area contributed by atoms with Crippen LogP contribution >= 0.6 is 0 Å². The fourth-order valence-corrected chi connectivity index (χ4v) is 1.34. The van der Waals surface area contributed by atoms with Gasteiger partial charge < -0.3 is 10.2 Å². The molecule has 0 aromatic heterocycles. The normalized spacial score (nSPS) is 10.6. The minimum absolute atomic E-state index is 0.819. The zero-order valence-electron chi connectivity index (χ0n) is 10.3. The van der Waals surface area contributed by atoms with Gasteiger partial charge in [0, 0.05) is 0 Å². The van der Waals surface area contributed by atoms with Crippen molar-refractivity contribution < 1.29 is 4.48 Å². The minimum Gasteiger partial charge on any atom is -0.330 e. The van der Waals surface area contributed by atoms with Crippen LogP contribution in [-0.2, 0) is 0 Å². The average Bonchev–Trinajstić information content (AvgIpc) is 2.23. The van der Waals surface area contributed by atoms with Gasteiger partial charge in [-0.3, -0.25) is 0 Å². The van der Waals surface area contributed by atoms with Gasteiger partial charge in [0.1, 0.15) is 0 Å². The van der Waals surface area contributed by atoms with E-state index >= 15 is 0 Å². The highest BCUT2D eigenvalue weighted by molar-refractivity contribution is 4.31. The molecule has 2 nitrogen and oxygen atoms in total. The van der Waals surface area contributed by atoms with Gasteiger partial charge in [0.15, 0.2) is 0 Å². The van der Waals surface area contributed by atoms with Crippen LogP contribution in [0.2, 0.25) is 0 Å². The number of quaternary nitrogens is 1. The fraction of sp³-hybridized carbons (Fsp3) is 1.00. The summed E-state index contributed by atoms with van der Waals surface area (Å²) in [7, 11) is 0. The number of hydrogen-bond donors (Lipinski definition) is 1. The first-order valence-corrected chi connectivity index (χ1v) is 5.71. The van der Waals surface area contributed by atoms with Crippen LogP contribution in [0.25, 0.3) is 0 Å². The van der Waals surface area contributed by atoms with Crippen molar-refractivity contribution in [1.82, 2.24) is 0 Å². The summed E-state index contributed by atoms with van der Waals surface area (Å²) in [5.74, 6) is 0. The molecule has 2 N–H and O–H groups in total. The van der Waals surface area contributed by atoms with E-state index in [9.17, 15) is 0 Å². The van der Waals surface area contributed by atoms with Crippen LogP contribution in [0.3, 0.4) is 0 Å².